The number of benzene rings is 3. The highest BCUT2D eigenvalue weighted by Crippen LogP contribution is 2.38. The van der Waals surface area contributed by atoms with E-state index in [9.17, 15) is 25.2 Å². The number of fused-ring (bicyclic) bond motifs is 1. The van der Waals surface area contributed by atoms with Crippen LogP contribution in [0.15, 0.2) is 95.3 Å². The van der Waals surface area contributed by atoms with E-state index in [1.807, 2.05) is 30.3 Å². The molecule has 9 heteroatoms. The van der Waals surface area contributed by atoms with Crippen LogP contribution in [0.25, 0.3) is 0 Å². The lowest BCUT2D eigenvalue weighted by molar-refractivity contribution is -0.307. The van der Waals surface area contributed by atoms with Crippen molar-refractivity contribution in [3.8, 4) is 17.2 Å². The van der Waals surface area contributed by atoms with Gasteiger partial charge in [-0.3, -0.25) is 15.1 Å². The van der Waals surface area contributed by atoms with Gasteiger partial charge in [0.05, 0.1) is 18.9 Å². The molecular weight excluding hydrogens is 642 g/mol. The minimum Gasteiger partial charge on any atom is -0.875 e. The first kappa shape index (κ1) is 37.6. The van der Waals surface area contributed by atoms with Crippen LogP contribution in [-0.4, -0.2) is 46.6 Å². The Balaban J connectivity index is 1.22. The van der Waals surface area contributed by atoms with E-state index in [4.69, 9.17) is 10.5 Å². The highest BCUT2D eigenvalue weighted by molar-refractivity contribution is 5.89. The fourth-order valence-electron chi connectivity index (χ4n) is 6.59. The zero-order chi connectivity index (χ0) is 36.2. The van der Waals surface area contributed by atoms with Crippen LogP contribution >= 0.6 is 0 Å². The Bertz CT molecular complexity index is 1760. The first-order chi connectivity index (χ1) is 24.7. The molecule has 2 heterocycles. The molecular formula is C42H50N3O6-. The van der Waals surface area contributed by atoms with E-state index in [2.05, 4.69) is 16.4 Å². The molecule has 3 aromatic carbocycles. The van der Waals surface area contributed by atoms with Gasteiger partial charge >= 0.3 is 0 Å². The van der Waals surface area contributed by atoms with Crippen LogP contribution in [0.4, 0.5) is 0 Å². The number of nitrogens with one attached hydrogen (secondary N) is 1. The summed E-state index contributed by atoms with van der Waals surface area (Å²) in [6.07, 6.45) is 15.0. The maximum absolute atomic E-state index is 13.4. The van der Waals surface area contributed by atoms with E-state index in [1.54, 1.807) is 55.8 Å². The molecule has 0 fully saturated rings. The van der Waals surface area contributed by atoms with Gasteiger partial charge in [0.1, 0.15) is 5.75 Å². The van der Waals surface area contributed by atoms with Crippen LogP contribution in [0, 0.1) is 0 Å². The average Bonchev–Trinajstić information content (AvgIpc) is 3.67. The summed E-state index contributed by atoms with van der Waals surface area (Å²) in [4.78, 5) is 16.5. The molecule has 51 heavy (non-hydrogen) atoms. The Morgan fingerprint density at radius 1 is 1.06 bits per heavy atom. The molecule has 3 atom stereocenters. The van der Waals surface area contributed by atoms with Gasteiger partial charge in [-0.2, -0.15) is 0 Å². The number of hydrogen-bond donors (Lipinski definition) is 5. The van der Waals surface area contributed by atoms with E-state index in [0.717, 1.165) is 72.9 Å². The van der Waals surface area contributed by atoms with Gasteiger partial charge in [-0.1, -0.05) is 55.3 Å². The molecule has 270 valence electrons. The summed E-state index contributed by atoms with van der Waals surface area (Å²) in [5, 5.41) is 47.6. The number of aliphatic hydroxyl groups is 1. The van der Waals surface area contributed by atoms with Crippen molar-refractivity contribution in [2.24, 2.45) is 10.7 Å². The Labute approximate surface area is 300 Å². The van der Waals surface area contributed by atoms with Gasteiger partial charge in [0.2, 0.25) is 0 Å². The third kappa shape index (κ3) is 10.9. The number of aryl methyl sites for hydroxylation is 1. The summed E-state index contributed by atoms with van der Waals surface area (Å²) in [5.74, 6) is 0.0744. The van der Waals surface area contributed by atoms with Gasteiger partial charge in [0.25, 0.3) is 0 Å². The van der Waals surface area contributed by atoms with Crippen molar-refractivity contribution in [2.75, 3.05) is 13.2 Å². The monoisotopic (exact) mass is 692 g/mol. The molecule has 9 nitrogen and oxygen atoms in total. The highest BCUT2D eigenvalue weighted by Gasteiger charge is 2.23. The summed E-state index contributed by atoms with van der Waals surface area (Å²) in [6, 6.07) is 16.7. The van der Waals surface area contributed by atoms with Crippen LogP contribution in [0.1, 0.15) is 97.3 Å². The topological polar surface area (TPSA) is 160 Å². The number of aliphatic imine (C=N–C) groups is 1. The van der Waals surface area contributed by atoms with Crippen LogP contribution < -0.4 is 20.9 Å². The molecule has 5 rings (SSSR count). The molecule has 0 radical (unpaired) electrons. The second-order valence-electron chi connectivity index (χ2n) is 13.5. The molecule has 0 amide bonds. The number of phenols is 2. The first-order valence-corrected chi connectivity index (χ1v) is 18.0. The highest BCUT2D eigenvalue weighted by atomic mass is 16.5. The van der Waals surface area contributed by atoms with E-state index in [1.165, 1.54) is 0 Å². The predicted octanol–water partition coefficient (Wildman–Crippen LogP) is 5.95. The van der Waals surface area contributed by atoms with Crippen molar-refractivity contribution in [1.29, 1.82) is 0 Å². The van der Waals surface area contributed by atoms with Crippen LogP contribution in [0.2, 0.25) is 0 Å². The molecule has 0 unspecified atom stereocenters. The SMILES string of the molecule is C[C@H](O)CCCCC/C=C\C(=O)CCc1ccc(O)c(OCCc2ccc(O)c([C@H](CC([O-])=C3C=CN=C3)c3ccc4c(c3)CCN[C@H]4N)c2)c1. The maximum Gasteiger partial charge on any atom is 0.161 e. The fraction of sp³-hybridized carbons (Fsp3) is 0.381. The number of aromatic hydroxyl groups is 2. The van der Waals surface area contributed by atoms with Gasteiger partial charge < -0.3 is 30.9 Å². The number of rotatable bonds is 18. The number of carbonyl (C=O) groups is 1. The van der Waals surface area contributed by atoms with Crippen LogP contribution in [0.5, 0.6) is 17.2 Å². The lowest BCUT2D eigenvalue weighted by Gasteiger charge is -2.28. The maximum atomic E-state index is 13.4. The Morgan fingerprint density at radius 2 is 1.86 bits per heavy atom. The van der Waals surface area contributed by atoms with Crippen molar-refractivity contribution in [2.45, 2.75) is 89.3 Å². The quantitative estimate of drug-likeness (QED) is 0.0622. The van der Waals surface area contributed by atoms with Gasteiger partial charge in [-0.25, -0.2) is 0 Å². The number of nitrogens with two attached hydrogens (primary N) is 1. The first-order valence-electron chi connectivity index (χ1n) is 18.0. The number of hydrogen-bond acceptors (Lipinski definition) is 9. The number of phenolic OH excluding ortho intramolecular Hbond substituents is 2. The van der Waals surface area contributed by atoms with Gasteiger partial charge in [-0.05, 0) is 109 Å². The minimum atomic E-state index is -0.399. The summed E-state index contributed by atoms with van der Waals surface area (Å²) in [6.45, 7) is 2.84. The van der Waals surface area contributed by atoms with Crippen molar-refractivity contribution in [1.82, 2.24) is 5.32 Å². The molecule has 2 aliphatic heterocycles. The predicted molar refractivity (Wildman–Crippen MR) is 199 cm³/mol. The molecule has 0 saturated heterocycles. The van der Waals surface area contributed by atoms with Crippen LogP contribution in [-0.2, 0) is 24.1 Å². The Morgan fingerprint density at radius 3 is 2.65 bits per heavy atom. The molecule has 6 N–H and O–H groups in total. The average molecular weight is 693 g/mol. The third-order valence-corrected chi connectivity index (χ3v) is 9.52. The van der Waals surface area contributed by atoms with Gasteiger partial charge in [-0.15, -0.1) is 5.76 Å². The number of aliphatic hydroxyl groups excluding tert-OH is 1. The van der Waals surface area contributed by atoms with Crippen molar-refractivity contribution >= 4 is 12.0 Å². The standard InChI is InChI=1S/C42H51N3O6/c1-28(46)7-5-3-2-4-6-8-34(47)13-9-29-11-16-39(49)41(24-29)51-22-19-30-10-15-38(48)37(23-30)36(26-40(50)33-17-20-44-27-33)31-12-14-35-32(25-31)18-21-45-42(35)43/h6,8,10-12,14-17,20,23-25,27-28,36,42,45-46,48-50H,2-5,7,9,13,18-19,21-22,26,43H2,1H3/p-1/b8-6-,40-33?/t28-,36+,42+/m0/s1. The summed E-state index contributed by atoms with van der Waals surface area (Å²) in [5.41, 5.74) is 12.4. The number of ketones is 1. The van der Waals surface area contributed by atoms with E-state index < -0.39 is 5.92 Å². The van der Waals surface area contributed by atoms with Crippen molar-refractivity contribution in [3.05, 3.63) is 124 Å². The van der Waals surface area contributed by atoms with Crippen LogP contribution in [0.3, 0.4) is 0 Å². The molecule has 0 aliphatic carbocycles. The largest absolute Gasteiger partial charge is 0.875 e. The molecule has 2 aliphatic rings. The lowest BCUT2D eigenvalue weighted by Crippen LogP contribution is -2.35. The normalized spacial score (nSPS) is 17.4. The second-order valence-corrected chi connectivity index (χ2v) is 13.5. The molecule has 0 bridgehead atoms. The lowest BCUT2D eigenvalue weighted by atomic mass is 9.83. The minimum absolute atomic E-state index is 0.0230. The van der Waals surface area contributed by atoms with Crippen molar-refractivity contribution < 1.29 is 30.0 Å². The molecule has 0 spiro atoms. The van der Waals surface area contributed by atoms with E-state index in [-0.39, 0.29) is 48.3 Å². The summed E-state index contributed by atoms with van der Waals surface area (Å²) < 4.78 is 6.01. The zero-order valence-corrected chi connectivity index (χ0v) is 29.4. The second kappa shape index (κ2) is 18.5. The summed E-state index contributed by atoms with van der Waals surface area (Å²) >= 11 is 0. The summed E-state index contributed by atoms with van der Waals surface area (Å²) in [7, 11) is 0. The number of nitrogens with zero attached hydrogens (tertiary/aromatic N) is 1. The third-order valence-electron chi connectivity index (χ3n) is 9.52. The molecule has 3 aromatic rings. The number of carbonyl (C=O) groups excluding carboxylic acids is 1. The van der Waals surface area contributed by atoms with Crippen molar-refractivity contribution in [3.63, 3.8) is 0 Å². The molecule has 0 saturated carbocycles. The van der Waals surface area contributed by atoms with Gasteiger partial charge in [0.15, 0.2) is 17.3 Å². The van der Waals surface area contributed by atoms with E-state index in [0.29, 0.717) is 36.1 Å². The zero-order valence-electron chi connectivity index (χ0n) is 29.4. The smallest absolute Gasteiger partial charge is 0.161 e. The Kier molecular flexibility index (Phi) is 13.6. The number of allylic oxidation sites excluding steroid dienone is 5. The number of unbranched alkanes of at least 4 members (excludes halogenated alkanes) is 3. The van der Waals surface area contributed by atoms with E-state index >= 15 is 0 Å². The molecule has 0 aromatic heterocycles. The fourth-order valence-corrected chi connectivity index (χ4v) is 6.59. The number of ether oxygens (including phenoxy) is 1. The Hall–Kier alpha value is -4.70. The van der Waals surface area contributed by atoms with Gasteiger partial charge in [0, 0.05) is 43.3 Å².